The number of nitrogens with one attached hydrogen (secondary N) is 1. The highest BCUT2D eigenvalue weighted by Crippen LogP contribution is 2.40. The van der Waals surface area contributed by atoms with Crippen molar-refractivity contribution < 1.29 is 9.59 Å². The van der Waals surface area contributed by atoms with Crippen molar-refractivity contribution in [2.45, 2.75) is 62.0 Å². The quantitative estimate of drug-likeness (QED) is 0.474. The van der Waals surface area contributed by atoms with E-state index in [0.717, 1.165) is 11.8 Å². The van der Waals surface area contributed by atoms with Gasteiger partial charge in [-0.15, -0.1) is 0 Å². The molecule has 0 bridgehead atoms. The summed E-state index contributed by atoms with van der Waals surface area (Å²) in [6, 6.07) is 13.4. The number of amides is 2. The second-order valence-electron chi connectivity index (χ2n) is 8.26. The first-order chi connectivity index (χ1) is 16.8. The van der Waals surface area contributed by atoms with Gasteiger partial charge in [0.1, 0.15) is 28.2 Å². The van der Waals surface area contributed by atoms with Gasteiger partial charge in [-0.1, -0.05) is 55.9 Å². The van der Waals surface area contributed by atoms with Crippen molar-refractivity contribution in [3.63, 3.8) is 0 Å². The van der Waals surface area contributed by atoms with Gasteiger partial charge in [0.05, 0.1) is 17.3 Å². The van der Waals surface area contributed by atoms with Gasteiger partial charge < -0.3 is 21.7 Å². The van der Waals surface area contributed by atoms with Crippen LogP contribution in [0.2, 0.25) is 0 Å². The summed E-state index contributed by atoms with van der Waals surface area (Å²) < 4.78 is 0. The van der Waals surface area contributed by atoms with Crippen molar-refractivity contribution in [1.82, 2.24) is 10.3 Å². The lowest BCUT2D eigenvalue weighted by Crippen LogP contribution is -2.54. The number of piperidine rings is 1. The first-order valence-electron chi connectivity index (χ1n) is 11.5. The van der Waals surface area contributed by atoms with Gasteiger partial charge in [0.15, 0.2) is 0 Å². The average Bonchev–Trinajstić information content (AvgIpc) is 2.86. The number of hydrogen-bond donors (Lipinski definition) is 3. The molecule has 2 aromatic rings. The number of carbonyl (C=O) groups is 2. The second-order valence-corrected chi connectivity index (χ2v) is 9.35. The Bertz CT molecular complexity index is 1170. The number of hydrogen-bond acceptors (Lipinski definition) is 8. The van der Waals surface area contributed by atoms with E-state index >= 15 is 0 Å². The molecule has 0 aliphatic carbocycles. The smallest absolute Gasteiger partial charge is 0.235 e. The zero-order valence-electron chi connectivity index (χ0n) is 19.8. The molecule has 182 valence electrons. The monoisotopic (exact) mass is 491 g/mol. The third kappa shape index (κ3) is 5.73. The van der Waals surface area contributed by atoms with Crippen LogP contribution in [0.25, 0.3) is 0 Å². The Morgan fingerprint density at radius 1 is 1.23 bits per heavy atom. The molecule has 0 spiro atoms. The van der Waals surface area contributed by atoms with E-state index in [4.69, 9.17) is 16.5 Å². The van der Waals surface area contributed by atoms with Crippen molar-refractivity contribution >= 4 is 29.4 Å². The summed E-state index contributed by atoms with van der Waals surface area (Å²) in [5.41, 5.74) is 14.0. The number of rotatable bonds is 8. The Balaban J connectivity index is 2.04. The number of anilines is 1. The molecule has 35 heavy (non-hydrogen) atoms. The van der Waals surface area contributed by atoms with Gasteiger partial charge in [-0.05, 0) is 24.0 Å². The Kier molecular flexibility index (Phi) is 8.69. The van der Waals surface area contributed by atoms with Gasteiger partial charge in [-0.25, -0.2) is 4.98 Å². The van der Waals surface area contributed by atoms with E-state index < -0.39 is 17.3 Å². The molecule has 1 aromatic heterocycles. The summed E-state index contributed by atoms with van der Waals surface area (Å²) >= 11 is 1.10. The minimum Gasteiger partial charge on any atom is -0.368 e. The number of pyridine rings is 1. The van der Waals surface area contributed by atoms with Gasteiger partial charge in [0.2, 0.25) is 11.8 Å². The minimum atomic E-state index is -0.759. The Labute approximate surface area is 209 Å². The summed E-state index contributed by atoms with van der Waals surface area (Å²) in [4.78, 5) is 30.7. The van der Waals surface area contributed by atoms with Gasteiger partial charge in [-0.3, -0.25) is 9.59 Å². The van der Waals surface area contributed by atoms with Crippen LogP contribution in [-0.4, -0.2) is 35.6 Å². The van der Waals surface area contributed by atoms with E-state index in [9.17, 15) is 20.1 Å². The summed E-state index contributed by atoms with van der Waals surface area (Å²) in [5.74, 6) is -0.204. The molecule has 2 heterocycles. The molecule has 9 nitrogen and oxygen atoms in total. The minimum absolute atomic E-state index is 0.0322. The fourth-order valence-electron chi connectivity index (χ4n) is 4.23. The van der Waals surface area contributed by atoms with Crippen LogP contribution in [0.3, 0.4) is 0 Å². The number of nitrogens with two attached hydrogens (primary N) is 2. The molecule has 2 amide bonds. The number of nitriles is 2. The number of aromatic nitrogens is 1. The number of carbonyl (C=O) groups excluding carboxylic acids is 2. The number of primary amides is 1. The first kappa shape index (κ1) is 26.0. The maximum atomic E-state index is 12.3. The van der Waals surface area contributed by atoms with Crippen molar-refractivity contribution in [1.29, 1.82) is 10.5 Å². The van der Waals surface area contributed by atoms with Crippen LogP contribution in [0, 0.1) is 22.7 Å². The summed E-state index contributed by atoms with van der Waals surface area (Å²) in [5, 5.41) is 22.5. The molecule has 3 atom stereocenters. The summed E-state index contributed by atoms with van der Waals surface area (Å²) in [7, 11) is 0. The zero-order valence-corrected chi connectivity index (χ0v) is 20.6. The van der Waals surface area contributed by atoms with Crippen molar-refractivity contribution in [2.75, 3.05) is 11.4 Å². The predicted octanol–water partition coefficient (Wildman–Crippen LogP) is 2.49. The van der Waals surface area contributed by atoms with Crippen molar-refractivity contribution in [3.8, 4) is 12.1 Å². The van der Waals surface area contributed by atoms with Gasteiger partial charge >= 0.3 is 0 Å². The van der Waals surface area contributed by atoms with E-state index in [1.807, 2.05) is 30.0 Å². The highest BCUT2D eigenvalue weighted by Gasteiger charge is 2.32. The van der Waals surface area contributed by atoms with Gasteiger partial charge in [0, 0.05) is 25.4 Å². The lowest BCUT2D eigenvalue weighted by atomic mass is 9.98. The topological polar surface area (TPSA) is 162 Å². The zero-order chi connectivity index (χ0) is 25.5. The summed E-state index contributed by atoms with van der Waals surface area (Å²) in [6.45, 7) is 4.14. The van der Waals surface area contributed by atoms with Crippen LogP contribution < -0.4 is 21.7 Å². The van der Waals surface area contributed by atoms with Crippen LogP contribution in [0.5, 0.6) is 0 Å². The van der Waals surface area contributed by atoms with Crippen LogP contribution >= 0.6 is 11.8 Å². The largest absolute Gasteiger partial charge is 0.368 e. The van der Waals surface area contributed by atoms with Crippen molar-refractivity contribution in [3.05, 3.63) is 52.6 Å². The fraction of sp³-hybridized carbons (Fsp3) is 0.400. The molecule has 0 radical (unpaired) electrons. The molecule has 1 saturated heterocycles. The standard InChI is InChI=1S/C25H29N7O2S/c1-3-17-18(13-26)24(32-11-10-16(12-20(32)28)30-21(33)4-2)31-25(19(17)14-27)35-22(23(29)34)15-8-6-5-7-9-15/h5-9,16,20,22H,3-4,10-12,28H2,1-2H3,(H2,29,34)(H,30,33)/t16?,20-,22?/m0/s1. The van der Waals surface area contributed by atoms with Gasteiger partial charge in [0.25, 0.3) is 0 Å². The molecule has 1 fully saturated rings. The average molecular weight is 492 g/mol. The molecule has 1 aliphatic heterocycles. The number of benzene rings is 1. The maximum Gasteiger partial charge on any atom is 0.235 e. The molecular formula is C25H29N7O2S. The van der Waals surface area contributed by atoms with Crippen LogP contribution in [0.4, 0.5) is 5.82 Å². The van der Waals surface area contributed by atoms with E-state index in [-0.39, 0.29) is 17.5 Å². The third-order valence-electron chi connectivity index (χ3n) is 6.02. The molecule has 3 rings (SSSR count). The van der Waals surface area contributed by atoms with Crippen LogP contribution in [0.15, 0.2) is 35.4 Å². The van der Waals surface area contributed by atoms with Crippen LogP contribution in [0.1, 0.15) is 60.6 Å². The molecule has 10 heteroatoms. The van der Waals surface area contributed by atoms with E-state index in [1.165, 1.54) is 0 Å². The number of nitrogens with zero attached hydrogens (tertiary/aromatic N) is 4. The molecule has 1 aromatic carbocycles. The molecule has 2 unspecified atom stereocenters. The first-order valence-corrected chi connectivity index (χ1v) is 12.4. The highest BCUT2D eigenvalue weighted by atomic mass is 32.2. The predicted molar refractivity (Wildman–Crippen MR) is 134 cm³/mol. The maximum absolute atomic E-state index is 12.3. The SMILES string of the molecule is CCC(=O)NC1CCN(c2nc(SC(C(N)=O)c3ccccc3)c(C#N)c(CC)c2C#N)[C@H](N)C1. The third-order valence-corrected chi connectivity index (χ3v) is 7.28. The summed E-state index contributed by atoms with van der Waals surface area (Å²) in [6.07, 6.45) is 1.48. The van der Waals surface area contributed by atoms with Crippen LogP contribution in [-0.2, 0) is 16.0 Å². The molecule has 1 aliphatic rings. The molecule has 5 N–H and O–H groups in total. The number of thioether (sulfide) groups is 1. The lowest BCUT2D eigenvalue weighted by molar-refractivity contribution is -0.121. The molecular weight excluding hydrogens is 462 g/mol. The fourth-order valence-corrected chi connectivity index (χ4v) is 5.29. The Hall–Kier alpha value is -3.60. The van der Waals surface area contributed by atoms with Gasteiger partial charge in [-0.2, -0.15) is 10.5 Å². The Morgan fingerprint density at radius 3 is 2.46 bits per heavy atom. The second kappa shape index (κ2) is 11.7. The lowest BCUT2D eigenvalue weighted by Gasteiger charge is -2.39. The van der Waals surface area contributed by atoms with Crippen molar-refractivity contribution in [2.24, 2.45) is 11.5 Å². The normalized spacial score (nSPS) is 18.3. The van der Waals surface area contributed by atoms with E-state index in [1.54, 1.807) is 19.1 Å². The van der Waals surface area contributed by atoms with E-state index in [2.05, 4.69) is 17.5 Å². The Morgan fingerprint density at radius 2 is 1.91 bits per heavy atom. The highest BCUT2D eigenvalue weighted by molar-refractivity contribution is 8.00. The molecule has 0 saturated carbocycles. The van der Waals surface area contributed by atoms with E-state index in [0.29, 0.717) is 59.8 Å².